The van der Waals surface area contributed by atoms with E-state index >= 15 is 0 Å². The van der Waals surface area contributed by atoms with Crippen molar-refractivity contribution in [2.45, 2.75) is 33.0 Å². The topological polar surface area (TPSA) is 51.6 Å². The number of rotatable bonds is 1. The molecule has 0 bridgehead atoms. The first-order chi connectivity index (χ1) is 14.0. The number of halogens is 2. The van der Waals surface area contributed by atoms with Crippen molar-refractivity contribution in [3.8, 4) is 11.3 Å². The highest BCUT2D eigenvalue weighted by atomic mass is 19.2. The average Bonchev–Trinajstić information content (AvgIpc) is 2.65. The van der Waals surface area contributed by atoms with E-state index in [0.717, 1.165) is 16.3 Å². The Morgan fingerprint density at radius 1 is 0.926 bits per heavy atom. The van der Waals surface area contributed by atoms with Crippen LogP contribution < -0.4 is 0 Å². The Morgan fingerprint density at radius 3 is 2.33 bits per heavy atom. The molecule has 0 saturated heterocycles. The summed E-state index contributed by atoms with van der Waals surface area (Å²) in [6.07, 6.45) is 0. The van der Waals surface area contributed by atoms with E-state index in [2.05, 4.69) is 40.9 Å². The first-order valence-corrected chi connectivity index (χ1v) is 8.40. The molecule has 0 unspecified atom stereocenters. The molecule has 2 aromatic heterocycles. The van der Waals surface area contributed by atoms with E-state index < -0.39 is 24.4 Å². The van der Waals surface area contributed by atoms with Crippen LogP contribution in [0.4, 0.5) is 8.78 Å². The lowest BCUT2D eigenvalue weighted by atomic mass is 9.82. The van der Waals surface area contributed by atoms with Gasteiger partial charge in [-0.05, 0) is 40.7 Å². The molecule has 136 valence electrons. The first-order valence-electron chi connectivity index (χ1n) is 9.90. The normalized spacial score (nSPS) is 14.2. The zero-order valence-electron chi connectivity index (χ0n) is 18.0. The molecule has 0 spiro atoms. The molecule has 0 radical (unpaired) electrons. The Labute approximate surface area is 159 Å². The van der Waals surface area contributed by atoms with Gasteiger partial charge in [-0.2, -0.15) is 13.9 Å². The van der Waals surface area contributed by atoms with Crippen molar-refractivity contribution in [1.82, 2.24) is 20.2 Å². The number of benzene rings is 2. The molecular formula is C21H18F2N4. The van der Waals surface area contributed by atoms with Gasteiger partial charge in [-0.15, -0.1) is 5.10 Å². The molecule has 0 amide bonds. The van der Waals surface area contributed by atoms with Gasteiger partial charge in [0, 0.05) is 9.68 Å². The minimum absolute atomic E-state index is 0.139. The first kappa shape index (κ1) is 14.1. The molecule has 27 heavy (non-hydrogen) atoms. The maximum Gasteiger partial charge on any atom is 0.269 e. The van der Waals surface area contributed by atoms with E-state index in [1.807, 2.05) is 36.4 Å². The zero-order chi connectivity index (χ0) is 21.8. The highest BCUT2D eigenvalue weighted by Gasteiger charge is 2.21. The Hall–Kier alpha value is -3.02. The number of aryl methyl sites for hydroxylation is 1. The molecular weight excluding hydrogens is 346 g/mol. The summed E-state index contributed by atoms with van der Waals surface area (Å²) < 4.78 is 50.6. The van der Waals surface area contributed by atoms with Crippen LogP contribution in [0.2, 0.25) is 0 Å². The molecule has 0 aliphatic rings. The van der Waals surface area contributed by atoms with Gasteiger partial charge < -0.3 is 0 Å². The maximum atomic E-state index is 14.0. The van der Waals surface area contributed by atoms with Crippen LogP contribution in [-0.2, 0) is 5.41 Å². The Kier molecular flexibility index (Phi) is 3.14. The number of hydrogen-bond acceptors (Lipinski definition) is 4. The summed E-state index contributed by atoms with van der Waals surface area (Å²) in [6.45, 7) is 3.49. The Balaban J connectivity index is 2.10. The van der Waals surface area contributed by atoms with Gasteiger partial charge in [0.25, 0.3) is 11.9 Å². The molecule has 4 rings (SSSR count). The summed E-state index contributed by atoms with van der Waals surface area (Å²) in [4.78, 5) is 7.14. The highest BCUT2D eigenvalue weighted by molar-refractivity contribution is 5.95. The summed E-state index contributed by atoms with van der Waals surface area (Å²) in [5.74, 6) is -2.91. The monoisotopic (exact) mass is 367 g/mol. The summed E-state index contributed by atoms with van der Waals surface area (Å²) in [5, 5.41) is 9.81. The third-order valence-electron chi connectivity index (χ3n) is 4.46. The minimum atomic E-state index is -2.71. The van der Waals surface area contributed by atoms with E-state index in [1.165, 1.54) is 0 Å². The lowest BCUT2D eigenvalue weighted by Gasteiger charge is -2.22. The molecule has 2 heterocycles. The van der Waals surface area contributed by atoms with Crippen molar-refractivity contribution in [2.75, 3.05) is 0 Å². The Bertz CT molecular complexity index is 1300. The number of nitrogens with zero attached hydrogens (tertiary/aromatic N) is 4. The average molecular weight is 367 g/mol. The number of hydrogen-bond donors (Lipinski definition) is 0. The summed E-state index contributed by atoms with van der Waals surface area (Å²) in [6, 6.07) is 11.5. The summed E-state index contributed by atoms with van der Waals surface area (Å²) in [5.41, 5.74) is 0.495. The molecule has 0 atom stereocenters. The largest absolute Gasteiger partial charge is 0.269 e. The fourth-order valence-electron chi connectivity index (χ4n) is 3.18. The maximum absolute atomic E-state index is 14.0. The molecule has 0 aliphatic carbocycles. The van der Waals surface area contributed by atoms with Gasteiger partial charge in [-0.25, -0.2) is 9.97 Å². The van der Waals surface area contributed by atoms with E-state index in [4.69, 9.17) is 4.11 Å². The molecule has 6 heteroatoms. The lowest BCUT2D eigenvalue weighted by Crippen LogP contribution is -2.12. The third-order valence-corrected chi connectivity index (χ3v) is 4.46. The van der Waals surface area contributed by atoms with Gasteiger partial charge in [0.2, 0.25) is 0 Å². The fraction of sp³-hybridized carbons (Fsp3) is 0.238. The third kappa shape index (κ3) is 2.91. The van der Waals surface area contributed by atoms with Gasteiger partial charge in [-0.3, -0.25) is 0 Å². The zero-order valence-corrected chi connectivity index (χ0v) is 15.0. The van der Waals surface area contributed by atoms with E-state index in [0.29, 0.717) is 5.56 Å². The van der Waals surface area contributed by atoms with Crippen molar-refractivity contribution >= 4 is 21.8 Å². The van der Waals surface area contributed by atoms with Crippen LogP contribution in [0.1, 0.15) is 36.1 Å². The fourth-order valence-corrected chi connectivity index (χ4v) is 3.18. The molecule has 4 nitrogen and oxygen atoms in total. The molecule has 2 aromatic carbocycles. The molecule has 0 fully saturated rings. The van der Waals surface area contributed by atoms with Crippen molar-refractivity contribution in [3.63, 3.8) is 0 Å². The molecule has 0 saturated carbocycles. The Morgan fingerprint density at radius 2 is 1.63 bits per heavy atom. The van der Waals surface area contributed by atoms with E-state index in [-0.39, 0.29) is 22.1 Å². The summed E-state index contributed by atoms with van der Waals surface area (Å²) >= 11 is 0. The van der Waals surface area contributed by atoms with Crippen LogP contribution in [0.15, 0.2) is 36.4 Å². The van der Waals surface area contributed by atoms with Crippen LogP contribution in [0, 0.1) is 18.7 Å². The van der Waals surface area contributed by atoms with Crippen LogP contribution >= 0.6 is 0 Å². The SMILES string of the molecule is [2H]C([2H])([2H])c1nnc(-c2cc(C(C)(C)C)c3ccccc3c2)c2nc(F)c(F)nc12. The van der Waals surface area contributed by atoms with Gasteiger partial charge in [0.1, 0.15) is 16.7 Å². The van der Waals surface area contributed by atoms with Gasteiger partial charge in [0.15, 0.2) is 0 Å². The smallest absolute Gasteiger partial charge is 0.212 e. The number of aromatic nitrogens is 4. The second-order valence-electron chi connectivity index (χ2n) is 7.39. The van der Waals surface area contributed by atoms with Crippen LogP contribution in [-0.4, -0.2) is 20.2 Å². The van der Waals surface area contributed by atoms with Crippen LogP contribution in [0.5, 0.6) is 0 Å². The van der Waals surface area contributed by atoms with Crippen molar-refractivity contribution in [3.05, 3.63) is 59.6 Å². The van der Waals surface area contributed by atoms with Crippen LogP contribution in [0.25, 0.3) is 33.1 Å². The molecule has 0 N–H and O–H groups in total. The van der Waals surface area contributed by atoms with Crippen molar-refractivity contribution in [2.24, 2.45) is 0 Å². The molecule has 0 aliphatic heterocycles. The minimum Gasteiger partial charge on any atom is -0.212 e. The van der Waals surface area contributed by atoms with Gasteiger partial charge in [-0.1, -0.05) is 45.0 Å². The second-order valence-corrected chi connectivity index (χ2v) is 7.39. The van der Waals surface area contributed by atoms with Crippen molar-refractivity contribution in [1.29, 1.82) is 0 Å². The summed E-state index contributed by atoms with van der Waals surface area (Å²) in [7, 11) is 0. The van der Waals surface area contributed by atoms with E-state index in [9.17, 15) is 8.78 Å². The highest BCUT2D eigenvalue weighted by Crippen LogP contribution is 2.35. The van der Waals surface area contributed by atoms with Gasteiger partial charge >= 0.3 is 0 Å². The second kappa shape index (κ2) is 6.01. The standard InChI is InChI=1S/C21H18F2N4/c1-11-16-18(25-20(23)19(22)24-16)17(27-26-11)13-9-12-7-5-6-8-14(12)15(10-13)21(2,3)4/h5-10H,1-4H3/i1D3. The van der Waals surface area contributed by atoms with Gasteiger partial charge in [0.05, 0.1) is 5.69 Å². The van der Waals surface area contributed by atoms with Crippen molar-refractivity contribution < 1.29 is 12.9 Å². The van der Waals surface area contributed by atoms with Crippen LogP contribution in [0.3, 0.4) is 0 Å². The lowest BCUT2D eigenvalue weighted by molar-refractivity contribution is 0.458. The number of fused-ring (bicyclic) bond motifs is 2. The predicted molar refractivity (Wildman–Crippen MR) is 101 cm³/mol. The quantitative estimate of drug-likeness (QED) is 0.468. The van der Waals surface area contributed by atoms with E-state index in [1.54, 1.807) is 0 Å². The molecule has 4 aromatic rings. The predicted octanol–water partition coefficient (Wildman–Crippen LogP) is 5.12.